The highest BCUT2D eigenvalue weighted by Crippen LogP contribution is 2.34. The Hall–Kier alpha value is -1.43. The summed E-state index contributed by atoms with van der Waals surface area (Å²) in [5.41, 5.74) is 0.717. The molecular weight excluding hydrogens is 377 g/mol. The van der Waals surface area contributed by atoms with Gasteiger partial charge in [0, 0.05) is 18.5 Å². The first-order valence-corrected chi connectivity index (χ1v) is 12.5. The molecule has 1 aromatic rings. The Balaban J connectivity index is 1.70. The molecule has 1 aliphatic heterocycles. The van der Waals surface area contributed by atoms with Gasteiger partial charge in [-0.15, -0.1) is 0 Å². The second kappa shape index (κ2) is 9.38. The highest BCUT2D eigenvalue weighted by Gasteiger charge is 2.38. The van der Waals surface area contributed by atoms with E-state index in [1.165, 1.54) is 31.4 Å². The average Bonchev–Trinajstić information content (AvgIpc) is 3.04. The Bertz CT molecular complexity index is 772. The number of sulfone groups is 1. The van der Waals surface area contributed by atoms with E-state index in [4.69, 9.17) is 0 Å². The van der Waals surface area contributed by atoms with E-state index in [1.807, 2.05) is 0 Å². The van der Waals surface area contributed by atoms with E-state index >= 15 is 0 Å². The zero-order valence-corrected chi connectivity index (χ0v) is 17.6. The van der Waals surface area contributed by atoms with Crippen LogP contribution in [0.25, 0.3) is 0 Å². The Morgan fingerprint density at radius 1 is 1.18 bits per heavy atom. The number of rotatable bonds is 7. The Kier molecular flexibility index (Phi) is 7.13. The zero-order valence-electron chi connectivity index (χ0n) is 16.8. The SMILES string of the molecule is CCCCC1CCC(C(=O)N(Cc2cccc(F)c2)[C@H]2CCS(=O)(=O)C2)CC1. The number of carbonyl (C=O) groups is 1. The summed E-state index contributed by atoms with van der Waals surface area (Å²) in [5.74, 6) is 0.566. The number of hydrogen-bond donors (Lipinski definition) is 0. The van der Waals surface area contributed by atoms with Gasteiger partial charge in [0.1, 0.15) is 5.82 Å². The van der Waals surface area contributed by atoms with Gasteiger partial charge >= 0.3 is 0 Å². The lowest BCUT2D eigenvalue weighted by molar-refractivity contribution is -0.139. The van der Waals surface area contributed by atoms with Gasteiger partial charge in [0.15, 0.2) is 9.84 Å². The highest BCUT2D eigenvalue weighted by atomic mass is 32.2. The Labute approximate surface area is 168 Å². The minimum atomic E-state index is -3.09. The predicted octanol–water partition coefficient (Wildman–Crippen LogP) is 4.34. The van der Waals surface area contributed by atoms with Gasteiger partial charge in [-0.2, -0.15) is 0 Å². The molecule has 156 valence electrons. The number of unbranched alkanes of at least 4 members (excludes halogenated alkanes) is 1. The van der Waals surface area contributed by atoms with Gasteiger partial charge in [-0.1, -0.05) is 38.3 Å². The van der Waals surface area contributed by atoms with E-state index in [-0.39, 0.29) is 41.7 Å². The van der Waals surface area contributed by atoms with Crippen LogP contribution in [0.4, 0.5) is 4.39 Å². The molecule has 2 aliphatic rings. The number of amides is 1. The van der Waals surface area contributed by atoms with Crippen LogP contribution in [0, 0.1) is 17.7 Å². The van der Waals surface area contributed by atoms with Crippen molar-refractivity contribution in [2.75, 3.05) is 11.5 Å². The molecule has 0 spiro atoms. The maximum atomic E-state index is 13.6. The van der Waals surface area contributed by atoms with Gasteiger partial charge in [0.25, 0.3) is 0 Å². The molecule has 1 aromatic carbocycles. The highest BCUT2D eigenvalue weighted by molar-refractivity contribution is 7.91. The molecule has 0 unspecified atom stereocenters. The van der Waals surface area contributed by atoms with Crippen LogP contribution in [0.2, 0.25) is 0 Å². The zero-order chi connectivity index (χ0) is 20.1. The van der Waals surface area contributed by atoms with Crippen molar-refractivity contribution in [3.05, 3.63) is 35.6 Å². The van der Waals surface area contributed by atoms with Crippen LogP contribution in [0.15, 0.2) is 24.3 Å². The van der Waals surface area contributed by atoms with Crippen molar-refractivity contribution < 1.29 is 17.6 Å². The van der Waals surface area contributed by atoms with Gasteiger partial charge in [-0.25, -0.2) is 12.8 Å². The molecule has 1 saturated heterocycles. The van der Waals surface area contributed by atoms with E-state index in [1.54, 1.807) is 17.0 Å². The van der Waals surface area contributed by atoms with Crippen LogP contribution in [0.1, 0.15) is 63.9 Å². The van der Waals surface area contributed by atoms with Gasteiger partial charge in [0.05, 0.1) is 11.5 Å². The predicted molar refractivity (Wildman–Crippen MR) is 109 cm³/mol. The molecule has 1 aliphatic carbocycles. The summed E-state index contributed by atoms with van der Waals surface area (Å²) >= 11 is 0. The van der Waals surface area contributed by atoms with Crippen LogP contribution in [0.3, 0.4) is 0 Å². The summed E-state index contributed by atoms with van der Waals surface area (Å²) in [6.45, 7) is 2.49. The smallest absolute Gasteiger partial charge is 0.226 e. The molecule has 1 amide bonds. The van der Waals surface area contributed by atoms with E-state index in [9.17, 15) is 17.6 Å². The first-order chi connectivity index (χ1) is 13.4. The van der Waals surface area contributed by atoms with Gasteiger partial charge in [-0.05, 0) is 55.7 Å². The van der Waals surface area contributed by atoms with E-state index in [0.717, 1.165) is 25.7 Å². The average molecular weight is 410 g/mol. The molecule has 0 aromatic heterocycles. The molecule has 6 heteroatoms. The molecule has 3 rings (SSSR count). The third kappa shape index (κ3) is 5.56. The molecule has 1 saturated carbocycles. The molecular formula is C22H32FNO3S. The number of carbonyl (C=O) groups excluding carboxylic acids is 1. The molecule has 0 bridgehead atoms. The summed E-state index contributed by atoms with van der Waals surface area (Å²) in [6, 6.07) is 5.96. The van der Waals surface area contributed by atoms with E-state index in [2.05, 4.69) is 6.92 Å². The minimum Gasteiger partial charge on any atom is -0.334 e. The maximum absolute atomic E-state index is 13.6. The van der Waals surface area contributed by atoms with Crippen LogP contribution in [-0.2, 0) is 21.2 Å². The van der Waals surface area contributed by atoms with Crippen molar-refractivity contribution in [3.63, 3.8) is 0 Å². The Morgan fingerprint density at radius 3 is 2.54 bits per heavy atom. The lowest BCUT2D eigenvalue weighted by atomic mass is 9.79. The van der Waals surface area contributed by atoms with Crippen molar-refractivity contribution in [3.8, 4) is 0 Å². The van der Waals surface area contributed by atoms with E-state index < -0.39 is 9.84 Å². The first-order valence-electron chi connectivity index (χ1n) is 10.6. The van der Waals surface area contributed by atoms with Crippen LogP contribution in [-0.4, -0.2) is 36.8 Å². The second-order valence-corrected chi connectivity index (χ2v) is 10.7. The molecule has 4 nitrogen and oxygen atoms in total. The minimum absolute atomic E-state index is 0.0277. The molecule has 1 atom stereocenters. The van der Waals surface area contributed by atoms with Crippen LogP contribution < -0.4 is 0 Å². The summed E-state index contributed by atoms with van der Waals surface area (Å²) in [5, 5.41) is 0. The first kappa shape index (κ1) is 21.3. The lowest BCUT2D eigenvalue weighted by Gasteiger charge is -2.35. The maximum Gasteiger partial charge on any atom is 0.226 e. The standard InChI is InChI=1S/C22H32FNO3S/c1-2-3-5-17-8-10-19(11-9-17)22(25)24(21-12-13-28(26,27)16-21)15-18-6-4-7-20(23)14-18/h4,6-7,14,17,19,21H,2-3,5,8-13,15-16H2,1H3/t17?,19?,21-/m0/s1. The fraction of sp³-hybridized carbons (Fsp3) is 0.682. The third-order valence-corrected chi connectivity index (χ3v) is 8.09. The van der Waals surface area contributed by atoms with Crippen molar-refractivity contribution in [2.24, 2.45) is 11.8 Å². The van der Waals surface area contributed by atoms with E-state index in [0.29, 0.717) is 17.9 Å². The van der Waals surface area contributed by atoms with Crippen molar-refractivity contribution in [2.45, 2.75) is 70.9 Å². The quantitative estimate of drug-likeness (QED) is 0.673. The normalized spacial score (nSPS) is 26.9. The number of hydrogen-bond acceptors (Lipinski definition) is 3. The van der Waals surface area contributed by atoms with Crippen LogP contribution in [0.5, 0.6) is 0 Å². The largest absolute Gasteiger partial charge is 0.334 e. The number of benzene rings is 1. The molecule has 28 heavy (non-hydrogen) atoms. The van der Waals surface area contributed by atoms with Gasteiger partial charge in [-0.3, -0.25) is 4.79 Å². The summed E-state index contributed by atoms with van der Waals surface area (Å²) in [6.07, 6.45) is 8.09. The molecule has 1 heterocycles. The van der Waals surface area contributed by atoms with Gasteiger partial charge in [0.2, 0.25) is 5.91 Å². The Morgan fingerprint density at radius 2 is 1.93 bits per heavy atom. The fourth-order valence-electron chi connectivity index (χ4n) is 4.67. The van der Waals surface area contributed by atoms with Gasteiger partial charge < -0.3 is 4.90 Å². The molecule has 0 N–H and O–H groups in total. The summed E-state index contributed by atoms with van der Waals surface area (Å²) in [7, 11) is -3.09. The summed E-state index contributed by atoms with van der Waals surface area (Å²) < 4.78 is 37.6. The number of nitrogens with zero attached hydrogens (tertiary/aromatic N) is 1. The monoisotopic (exact) mass is 409 g/mol. The number of halogens is 1. The molecule has 2 fully saturated rings. The van der Waals surface area contributed by atoms with Crippen molar-refractivity contribution in [1.29, 1.82) is 0 Å². The summed E-state index contributed by atoms with van der Waals surface area (Å²) in [4.78, 5) is 15.1. The second-order valence-electron chi connectivity index (χ2n) is 8.51. The molecule has 0 radical (unpaired) electrons. The topological polar surface area (TPSA) is 54.5 Å². The van der Waals surface area contributed by atoms with Crippen molar-refractivity contribution in [1.82, 2.24) is 4.90 Å². The van der Waals surface area contributed by atoms with Crippen molar-refractivity contribution >= 4 is 15.7 Å². The van der Waals surface area contributed by atoms with Crippen LogP contribution >= 0.6 is 0 Å². The lowest BCUT2D eigenvalue weighted by Crippen LogP contribution is -2.44. The fourth-order valence-corrected chi connectivity index (χ4v) is 6.40. The third-order valence-electron chi connectivity index (χ3n) is 6.34.